The lowest BCUT2D eigenvalue weighted by atomic mass is 10.1. The van der Waals surface area contributed by atoms with Crippen LogP contribution in [0.25, 0.3) is 10.9 Å². The Morgan fingerprint density at radius 2 is 2.00 bits per heavy atom. The number of carbonyl (C=O) groups is 1. The van der Waals surface area contributed by atoms with E-state index in [1.54, 1.807) is 18.2 Å². The number of nitrogens with one attached hydrogen (secondary N) is 2. The highest BCUT2D eigenvalue weighted by molar-refractivity contribution is 6.03. The van der Waals surface area contributed by atoms with Gasteiger partial charge in [-0.05, 0) is 32.6 Å². The number of ether oxygens (including phenoxy) is 1. The third-order valence-electron chi connectivity index (χ3n) is 4.73. The molecule has 1 amide bonds. The molecule has 0 aliphatic rings. The fourth-order valence-electron chi connectivity index (χ4n) is 3.20. The van der Waals surface area contributed by atoms with Gasteiger partial charge in [-0.25, -0.2) is 9.97 Å². The first-order chi connectivity index (χ1) is 15.5. The lowest BCUT2D eigenvalue weighted by Gasteiger charge is -2.19. The van der Waals surface area contributed by atoms with Crippen molar-refractivity contribution in [3.05, 3.63) is 66.5 Å². The van der Waals surface area contributed by atoms with Crippen molar-refractivity contribution in [1.29, 1.82) is 0 Å². The van der Waals surface area contributed by atoms with E-state index in [9.17, 15) is 9.90 Å². The number of nitrogens with zero attached hydrogens (tertiary/aromatic N) is 3. The van der Waals surface area contributed by atoms with Gasteiger partial charge in [0.2, 0.25) is 5.91 Å². The molecular formula is C24H29N5O3. The fraction of sp³-hybridized carbons (Fsp3) is 0.292. The molecule has 1 heterocycles. The van der Waals surface area contributed by atoms with Crippen molar-refractivity contribution in [2.75, 3.05) is 44.5 Å². The van der Waals surface area contributed by atoms with Gasteiger partial charge in [0.1, 0.15) is 17.9 Å². The van der Waals surface area contributed by atoms with Gasteiger partial charge in [0.15, 0.2) is 0 Å². The van der Waals surface area contributed by atoms with Crippen LogP contribution in [0.5, 0.6) is 5.75 Å². The monoisotopic (exact) mass is 435 g/mol. The molecule has 0 saturated carbocycles. The summed E-state index contributed by atoms with van der Waals surface area (Å²) in [6.45, 7) is 2.88. The third kappa shape index (κ3) is 6.03. The zero-order valence-electron chi connectivity index (χ0n) is 18.6. The summed E-state index contributed by atoms with van der Waals surface area (Å²) in [5, 5.41) is 16.8. The molecule has 0 aliphatic carbocycles. The normalized spacial score (nSPS) is 12.3. The maximum absolute atomic E-state index is 12.4. The number of carbonyl (C=O) groups excluding carboxylic acids is 1. The number of aliphatic hydroxyl groups is 1. The minimum atomic E-state index is -0.340. The summed E-state index contributed by atoms with van der Waals surface area (Å²) in [7, 11) is 3.87. The number of fused-ring (bicyclic) bond motifs is 1. The van der Waals surface area contributed by atoms with E-state index in [1.165, 1.54) is 12.4 Å². The summed E-state index contributed by atoms with van der Waals surface area (Å²) in [4.78, 5) is 23.1. The summed E-state index contributed by atoms with van der Waals surface area (Å²) in [5.74, 6) is 0.830. The van der Waals surface area contributed by atoms with E-state index in [0.717, 1.165) is 5.56 Å². The number of hydrogen-bond donors (Lipinski definition) is 3. The molecule has 2 aromatic carbocycles. The molecule has 32 heavy (non-hydrogen) atoms. The van der Waals surface area contributed by atoms with Crippen LogP contribution >= 0.6 is 0 Å². The number of anilines is 2. The molecule has 1 unspecified atom stereocenters. The average Bonchev–Trinajstić information content (AvgIpc) is 2.78. The zero-order chi connectivity index (χ0) is 22.9. The molecule has 0 bridgehead atoms. The predicted octanol–water partition coefficient (Wildman–Crippen LogP) is 3.23. The summed E-state index contributed by atoms with van der Waals surface area (Å²) in [6.07, 6.45) is 4.75. The first kappa shape index (κ1) is 23.2. The van der Waals surface area contributed by atoms with E-state index in [0.29, 0.717) is 41.3 Å². The van der Waals surface area contributed by atoms with Gasteiger partial charge >= 0.3 is 0 Å². The van der Waals surface area contributed by atoms with Crippen molar-refractivity contribution in [2.45, 2.75) is 13.0 Å². The van der Waals surface area contributed by atoms with Crippen LogP contribution in [-0.4, -0.2) is 59.7 Å². The topological polar surface area (TPSA) is 99.6 Å². The Morgan fingerprint density at radius 1 is 1.22 bits per heavy atom. The number of benzene rings is 2. The fourth-order valence-corrected chi connectivity index (χ4v) is 3.20. The number of aliphatic hydroxyl groups excluding tert-OH is 1. The molecule has 0 fully saturated rings. The van der Waals surface area contributed by atoms with Gasteiger partial charge in [0, 0.05) is 24.1 Å². The van der Waals surface area contributed by atoms with E-state index in [4.69, 9.17) is 4.74 Å². The van der Waals surface area contributed by atoms with Crippen LogP contribution in [0.4, 0.5) is 11.5 Å². The largest absolute Gasteiger partial charge is 0.492 e. The molecule has 3 aromatic rings. The lowest BCUT2D eigenvalue weighted by molar-refractivity contribution is -0.111. The van der Waals surface area contributed by atoms with Crippen LogP contribution in [-0.2, 0) is 4.79 Å². The van der Waals surface area contributed by atoms with E-state index < -0.39 is 0 Å². The Morgan fingerprint density at radius 3 is 2.69 bits per heavy atom. The summed E-state index contributed by atoms with van der Waals surface area (Å²) in [6, 6.07) is 12.9. The molecule has 1 atom stereocenters. The number of hydrogen-bond acceptors (Lipinski definition) is 7. The van der Waals surface area contributed by atoms with Crippen LogP contribution in [0.15, 0.2) is 60.9 Å². The Labute approximate surface area is 187 Å². The molecule has 168 valence electrons. The molecule has 0 spiro atoms. The van der Waals surface area contributed by atoms with Crippen LogP contribution in [0.2, 0.25) is 0 Å². The highest BCUT2D eigenvalue weighted by Gasteiger charge is 2.16. The first-order valence-corrected chi connectivity index (χ1v) is 10.5. The Balaban J connectivity index is 1.94. The number of aromatic nitrogens is 2. The standard InChI is InChI=1S/C24H29N5O3/c1-4-32-22-14-19-18(13-20(22)27-23(31)11-8-12-29(2)3)24(26-16-25-19)28-21(15-30)17-9-6-5-7-10-17/h5-11,13-14,16,21,30H,4,12,15H2,1-3H3,(H,27,31)(H,25,26,28). The van der Waals surface area contributed by atoms with E-state index in [2.05, 4.69) is 20.6 Å². The summed E-state index contributed by atoms with van der Waals surface area (Å²) >= 11 is 0. The average molecular weight is 436 g/mol. The van der Waals surface area contributed by atoms with Gasteiger partial charge < -0.3 is 25.4 Å². The molecule has 0 radical (unpaired) electrons. The molecule has 3 rings (SSSR count). The van der Waals surface area contributed by atoms with Crippen molar-refractivity contribution in [3.63, 3.8) is 0 Å². The molecule has 8 heteroatoms. The number of rotatable bonds is 10. The van der Waals surface area contributed by atoms with Gasteiger partial charge in [0.05, 0.1) is 30.5 Å². The second-order valence-corrected chi connectivity index (χ2v) is 7.46. The molecular weight excluding hydrogens is 406 g/mol. The minimum Gasteiger partial charge on any atom is -0.492 e. The molecule has 8 nitrogen and oxygen atoms in total. The van der Waals surface area contributed by atoms with Crippen molar-refractivity contribution in [1.82, 2.24) is 14.9 Å². The molecule has 0 saturated heterocycles. The summed E-state index contributed by atoms with van der Waals surface area (Å²) < 4.78 is 5.73. The van der Waals surface area contributed by atoms with Crippen molar-refractivity contribution >= 4 is 28.3 Å². The Hall–Kier alpha value is -3.49. The lowest BCUT2D eigenvalue weighted by Crippen LogP contribution is -2.16. The van der Waals surface area contributed by atoms with Gasteiger partial charge in [0.25, 0.3) is 0 Å². The predicted molar refractivity (Wildman–Crippen MR) is 127 cm³/mol. The molecule has 0 aliphatic heterocycles. The maximum Gasteiger partial charge on any atom is 0.248 e. The quantitative estimate of drug-likeness (QED) is 0.421. The van der Waals surface area contributed by atoms with E-state index in [-0.39, 0.29) is 18.6 Å². The van der Waals surface area contributed by atoms with E-state index in [1.807, 2.05) is 56.3 Å². The summed E-state index contributed by atoms with van der Waals surface area (Å²) in [5.41, 5.74) is 2.13. The second kappa shape index (κ2) is 11.2. The van der Waals surface area contributed by atoms with Crippen molar-refractivity contribution in [2.24, 2.45) is 0 Å². The SMILES string of the molecule is CCOc1cc2ncnc(NC(CO)c3ccccc3)c2cc1NC(=O)C=CCN(C)C. The minimum absolute atomic E-state index is 0.104. The van der Waals surface area contributed by atoms with Gasteiger partial charge in [-0.1, -0.05) is 36.4 Å². The Bertz CT molecular complexity index is 1070. The van der Waals surface area contributed by atoms with Gasteiger partial charge in [-0.2, -0.15) is 0 Å². The van der Waals surface area contributed by atoms with Crippen LogP contribution in [0.3, 0.4) is 0 Å². The second-order valence-electron chi connectivity index (χ2n) is 7.46. The van der Waals surface area contributed by atoms with Crippen LogP contribution in [0, 0.1) is 0 Å². The van der Waals surface area contributed by atoms with Gasteiger partial charge in [-0.3, -0.25) is 4.79 Å². The number of amides is 1. The van der Waals surface area contributed by atoms with E-state index >= 15 is 0 Å². The maximum atomic E-state index is 12.4. The molecule has 3 N–H and O–H groups in total. The molecule has 1 aromatic heterocycles. The smallest absolute Gasteiger partial charge is 0.248 e. The van der Waals surface area contributed by atoms with Crippen molar-refractivity contribution < 1.29 is 14.6 Å². The highest BCUT2D eigenvalue weighted by Crippen LogP contribution is 2.33. The third-order valence-corrected chi connectivity index (χ3v) is 4.73. The Kier molecular flexibility index (Phi) is 8.13. The highest BCUT2D eigenvalue weighted by atomic mass is 16.5. The van der Waals surface area contributed by atoms with Crippen LogP contribution < -0.4 is 15.4 Å². The van der Waals surface area contributed by atoms with Gasteiger partial charge in [-0.15, -0.1) is 0 Å². The number of likely N-dealkylation sites (N-methyl/N-ethyl adjacent to an activating group) is 1. The first-order valence-electron chi connectivity index (χ1n) is 10.5. The van der Waals surface area contributed by atoms with Crippen LogP contribution in [0.1, 0.15) is 18.5 Å². The zero-order valence-corrected chi connectivity index (χ0v) is 18.6. The van der Waals surface area contributed by atoms with Crippen molar-refractivity contribution in [3.8, 4) is 5.75 Å².